The van der Waals surface area contributed by atoms with Gasteiger partial charge in [0.25, 0.3) is 5.56 Å². The summed E-state index contributed by atoms with van der Waals surface area (Å²) >= 11 is 11.9. The van der Waals surface area contributed by atoms with Gasteiger partial charge in [0, 0.05) is 23.2 Å². The van der Waals surface area contributed by atoms with Gasteiger partial charge in [0.1, 0.15) is 0 Å². The van der Waals surface area contributed by atoms with Gasteiger partial charge in [0.15, 0.2) is 0 Å². The third-order valence-corrected chi connectivity index (χ3v) is 3.31. The molecular weight excluding hydrogens is 273 g/mol. The fourth-order valence-corrected chi connectivity index (χ4v) is 2.28. The minimum atomic E-state index is -0.276. The molecule has 1 N–H and O–H groups in total. The summed E-state index contributed by atoms with van der Waals surface area (Å²) < 4.78 is 1.46. The van der Waals surface area contributed by atoms with Crippen LogP contribution in [-0.2, 0) is 13.7 Å². The SMILES string of the molecule is Cn1c(-c2ccc(Cl)cc2Cl)ccc(CO)c1=O. The van der Waals surface area contributed by atoms with E-state index in [0.29, 0.717) is 21.3 Å². The molecule has 3 nitrogen and oxygen atoms in total. The zero-order valence-corrected chi connectivity index (χ0v) is 11.2. The first-order valence-corrected chi connectivity index (χ1v) is 6.05. The molecule has 0 radical (unpaired) electrons. The molecule has 0 spiro atoms. The van der Waals surface area contributed by atoms with Gasteiger partial charge in [-0.3, -0.25) is 4.79 Å². The molecule has 1 heterocycles. The lowest BCUT2D eigenvalue weighted by Crippen LogP contribution is -2.22. The predicted octanol–water partition coefficient (Wildman–Crippen LogP) is 2.85. The highest BCUT2D eigenvalue weighted by atomic mass is 35.5. The van der Waals surface area contributed by atoms with E-state index in [1.807, 2.05) is 0 Å². The summed E-state index contributed by atoms with van der Waals surface area (Å²) in [6.45, 7) is -0.276. The van der Waals surface area contributed by atoms with Crippen molar-refractivity contribution in [1.29, 1.82) is 0 Å². The molecule has 94 valence electrons. The average molecular weight is 284 g/mol. The highest BCUT2D eigenvalue weighted by Crippen LogP contribution is 2.29. The molecule has 1 aromatic carbocycles. The second-order valence-electron chi connectivity index (χ2n) is 3.89. The minimum absolute atomic E-state index is 0.235. The van der Waals surface area contributed by atoms with Gasteiger partial charge in [-0.25, -0.2) is 0 Å². The van der Waals surface area contributed by atoms with E-state index < -0.39 is 0 Å². The first-order chi connectivity index (χ1) is 8.54. The fourth-order valence-electron chi connectivity index (χ4n) is 1.78. The molecule has 0 fully saturated rings. The Kier molecular flexibility index (Phi) is 3.76. The first-order valence-electron chi connectivity index (χ1n) is 5.30. The number of hydrogen-bond donors (Lipinski definition) is 1. The van der Waals surface area contributed by atoms with Crippen molar-refractivity contribution in [3.63, 3.8) is 0 Å². The van der Waals surface area contributed by atoms with E-state index >= 15 is 0 Å². The molecule has 18 heavy (non-hydrogen) atoms. The van der Waals surface area contributed by atoms with Crippen molar-refractivity contribution in [3.05, 3.63) is 56.3 Å². The minimum Gasteiger partial charge on any atom is -0.391 e. The van der Waals surface area contributed by atoms with E-state index in [2.05, 4.69) is 0 Å². The lowest BCUT2D eigenvalue weighted by molar-refractivity contribution is 0.279. The number of hydrogen-bond acceptors (Lipinski definition) is 2. The van der Waals surface area contributed by atoms with Gasteiger partial charge in [0.2, 0.25) is 0 Å². The molecule has 2 aromatic rings. The lowest BCUT2D eigenvalue weighted by Gasteiger charge is -2.11. The number of halogens is 2. The van der Waals surface area contributed by atoms with E-state index in [1.165, 1.54) is 4.57 Å². The Morgan fingerprint density at radius 3 is 2.56 bits per heavy atom. The van der Waals surface area contributed by atoms with Crippen LogP contribution in [-0.4, -0.2) is 9.67 Å². The topological polar surface area (TPSA) is 42.2 Å². The molecule has 1 aromatic heterocycles. The third kappa shape index (κ3) is 2.29. The zero-order valence-electron chi connectivity index (χ0n) is 9.65. The number of aliphatic hydroxyl groups is 1. The number of rotatable bonds is 2. The Morgan fingerprint density at radius 1 is 1.22 bits per heavy atom. The van der Waals surface area contributed by atoms with Gasteiger partial charge in [-0.2, -0.15) is 0 Å². The largest absolute Gasteiger partial charge is 0.391 e. The van der Waals surface area contributed by atoms with Gasteiger partial charge < -0.3 is 9.67 Å². The van der Waals surface area contributed by atoms with Crippen molar-refractivity contribution in [3.8, 4) is 11.3 Å². The maximum Gasteiger partial charge on any atom is 0.256 e. The predicted molar refractivity (Wildman–Crippen MR) is 73.1 cm³/mol. The smallest absolute Gasteiger partial charge is 0.256 e. The van der Waals surface area contributed by atoms with Gasteiger partial charge in [-0.15, -0.1) is 0 Å². The second kappa shape index (κ2) is 5.14. The summed E-state index contributed by atoms with van der Waals surface area (Å²) in [5, 5.41) is 10.1. The molecule has 0 aliphatic rings. The van der Waals surface area contributed by atoms with Crippen LogP contribution in [0.3, 0.4) is 0 Å². The third-order valence-electron chi connectivity index (χ3n) is 2.76. The second-order valence-corrected chi connectivity index (χ2v) is 4.73. The monoisotopic (exact) mass is 283 g/mol. The van der Waals surface area contributed by atoms with E-state index in [4.69, 9.17) is 28.3 Å². The van der Waals surface area contributed by atoms with Crippen molar-refractivity contribution < 1.29 is 5.11 Å². The molecule has 0 amide bonds. The van der Waals surface area contributed by atoms with Crippen LogP contribution in [0.2, 0.25) is 10.0 Å². The Balaban J connectivity index is 2.65. The fraction of sp³-hybridized carbons (Fsp3) is 0.154. The summed E-state index contributed by atoms with van der Waals surface area (Å²) in [6.07, 6.45) is 0. The van der Waals surface area contributed by atoms with Gasteiger partial charge in [-0.05, 0) is 30.3 Å². The number of pyridine rings is 1. The van der Waals surface area contributed by atoms with Crippen LogP contribution in [0, 0.1) is 0 Å². The quantitative estimate of drug-likeness (QED) is 0.921. The normalized spacial score (nSPS) is 10.7. The van der Waals surface area contributed by atoms with Crippen molar-refractivity contribution in [2.75, 3.05) is 0 Å². The van der Waals surface area contributed by atoms with Crippen molar-refractivity contribution in [2.24, 2.45) is 7.05 Å². The molecule has 0 atom stereocenters. The summed E-state index contributed by atoms with van der Waals surface area (Å²) in [6, 6.07) is 8.46. The zero-order chi connectivity index (χ0) is 13.3. The Morgan fingerprint density at radius 2 is 1.94 bits per heavy atom. The average Bonchev–Trinajstić information content (AvgIpc) is 2.34. The summed E-state index contributed by atoms with van der Waals surface area (Å²) in [7, 11) is 1.64. The van der Waals surface area contributed by atoms with Crippen LogP contribution >= 0.6 is 23.2 Å². The highest BCUT2D eigenvalue weighted by molar-refractivity contribution is 6.36. The molecule has 2 rings (SSSR count). The number of nitrogens with zero attached hydrogens (tertiary/aromatic N) is 1. The molecule has 0 bridgehead atoms. The molecule has 5 heteroatoms. The van der Waals surface area contributed by atoms with Gasteiger partial charge in [0.05, 0.1) is 17.3 Å². The summed E-state index contributed by atoms with van der Waals surface area (Å²) in [4.78, 5) is 11.9. The molecule has 0 saturated heterocycles. The molecule has 0 saturated carbocycles. The van der Waals surface area contributed by atoms with Crippen molar-refractivity contribution >= 4 is 23.2 Å². The van der Waals surface area contributed by atoms with Crippen LogP contribution in [0.1, 0.15) is 5.56 Å². The van der Waals surface area contributed by atoms with Crippen LogP contribution in [0.15, 0.2) is 35.1 Å². The molecule has 0 aliphatic heterocycles. The number of aromatic nitrogens is 1. The van der Waals surface area contributed by atoms with Crippen LogP contribution in [0.4, 0.5) is 0 Å². The lowest BCUT2D eigenvalue weighted by atomic mass is 10.1. The molecular formula is C13H11Cl2NO2. The van der Waals surface area contributed by atoms with Crippen molar-refractivity contribution in [1.82, 2.24) is 4.57 Å². The summed E-state index contributed by atoms with van der Waals surface area (Å²) in [5.41, 5.74) is 1.52. The van der Waals surface area contributed by atoms with Crippen molar-refractivity contribution in [2.45, 2.75) is 6.61 Å². The Labute approximate surface area is 114 Å². The van der Waals surface area contributed by atoms with E-state index in [0.717, 1.165) is 5.56 Å². The standard InChI is InChI=1S/C13H11Cl2NO2/c1-16-12(5-2-8(7-17)13(16)18)10-4-3-9(14)6-11(10)15/h2-6,17H,7H2,1H3. The first kappa shape index (κ1) is 13.1. The van der Waals surface area contributed by atoms with Crippen LogP contribution in [0.5, 0.6) is 0 Å². The van der Waals surface area contributed by atoms with Crippen LogP contribution < -0.4 is 5.56 Å². The number of aliphatic hydroxyl groups excluding tert-OH is 1. The van der Waals surface area contributed by atoms with E-state index in [9.17, 15) is 4.79 Å². The maximum absolute atomic E-state index is 11.9. The van der Waals surface area contributed by atoms with Gasteiger partial charge in [-0.1, -0.05) is 23.2 Å². The van der Waals surface area contributed by atoms with Gasteiger partial charge >= 0.3 is 0 Å². The molecule has 0 aliphatic carbocycles. The van der Waals surface area contributed by atoms with E-state index in [1.54, 1.807) is 37.4 Å². The Hall–Kier alpha value is -1.29. The highest BCUT2D eigenvalue weighted by Gasteiger charge is 2.10. The maximum atomic E-state index is 11.9. The van der Waals surface area contributed by atoms with Crippen LogP contribution in [0.25, 0.3) is 11.3 Å². The van der Waals surface area contributed by atoms with E-state index in [-0.39, 0.29) is 12.2 Å². The number of benzene rings is 1. The Bertz CT molecular complexity index is 650. The summed E-state index contributed by atoms with van der Waals surface area (Å²) in [5.74, 6) is 0. The molecule has 0 unspecified atom stereocenters.